The minimum atomic E-state index is -0.0452. The molecule has 0 aliphatic carbocycles. The van der Waals surface area contributed by atoms with Crippen molar-refractivity contribution in [3.05, 3.63) is 22.4 Å². The van der Waals surface area contributed by atoms with Crippen LogP contribution in [0.1, 0.15) is 17.3 Å². The summed E-state index contributed by atoms with van der Waals surface area (Å²) >= 11 is 1.66. The summed E-state index contributed by atoms with van der Waals surface area (Å²) in [6, 6.07) is 4.07. The van der Waals surface area contributed by atoms with E-state index in [1.807, 2.05) is 24.6 Å². The van der Waals surface area contributed by atoms with Gasteiger partial charge in [-0.3, -0.25) is 4.79 Å². The van der Waals surface area contributed by atoms with Gasteiger partial charge in [0.15, 0.2) is 0 Å². The number of carbonyl (C=O) groups excluding carboxylic acids is 1. The molecule has 2 atom stereocenters. The van der Waals surface area contributed by atoms with Gasteiger partial charge in [0.1, 0.15) is 0 Å². The Morgan fingerprint density at radius 3 is 2.92 bits per heavy atom. The van der Waals surface area contributed by atoms with Crippen molar-refractivity contribution in [3.63, 3.8) is 0 Å². The standard InChI is InChI=1S/C9H12N2OS/c1-11-8(12)5-6(10)9(11)7-3-2-4-13-7/h2-4,6,9H,5,10H2,1H3. The van der Waals surface area contributed by atoms with Gasteiger partial charge >= 0.3 is 0 Å². The van der Waals surface area contributed by atoms with E-state index in [0.29, 0.717) is 6.42 Å². The summed E-state index contributed by atoms with van der Waals surface area (Å²) in [5.74, 6) is 0.144. The molecular formula is C9H12N2OS. The van der Waals surface area contributed by atoms with E-state index in [9.17, 15) is 4.79 Å². The Hall–Kier alpha value is -0.870. The zero-order valence-corrected chi connectivity index (χ0v) is 8.25. The molecule has 1 fully saturated rings. The maximum atomic E-state index is 11.3. The lowest BCUT2D eigenvalue weighted by Gasteiger charge is -2.21. The first-order chi connectivity index (χ1) is 6.20. The molecule has 4 heteroatoms. The molecule has 1 aliphatic rings. The van der Waals surface area contributed by atoms with Gasteiger partial charge in [-0.25, -0.2) is 0 Å². The summed E-state index contributed by atoms with van der Waals surface area (Å²) in [4.78, 5) is 14.3. The number of hydrogen-bond donors (Lipinski definition) is 1. The van der Waals surface area contributed by atoms with E-state index in [1.54, 1.807) is 16.2 Å². The lowest BCUT2D eigenvalue weighted by molar-refractivity contribution is -0.127. The van der Waals surface area contributed by atoms with Gasteiger partial charge in [-0.2, -0.15) is 0 Å². The molecule has 0 radical (unpaired) electrons. The Bertz CT molecular complexity index is 309. The van der Waals surface area contributed by atoms with Crippen molar-refractivity contribution >= 4 is 17.2 Å². The Morgan fingerprint density at radius 1 is 1.69 bits per heavy atom. The topological polar surface area (TPSA) is 46.3 Å². The molecule has 1 saturated heterocycles. The zero-order chi connectivity index (χ0) is 9.42. The summed E-state index contributed by atoms with van der Waals surface area (Å²) in [7, 11) is 1.82. The highest BCUT2D eigenvalue weighted by Gasteiger charge is 2.36. The molecule has 0 saturated carbocycles. The number of likely N-dealkylation sites (tertiary alicyclic amines) is 1. The number of nitrogens with two attached hydrogens (primary N) is 1. The molecule has 0 spiro atoms. The van der Waals surface area contributed by atoms with Gasteiger partial charge in [-0.15, -0.1) is 11.3 Å². The van der Waals surface area contributed by atoms with E-state index in [-0.39, 0.29) is 18.0 Å². The van der Waals surface area contributed by atoms with Gasteiger partial charge in [-0.05, 0) is 11.4 Å². The highest BCUT2D eigenvalue weighted by atomic mass is 32.1. The summed E-state index contributed by atoms with van der Waals surface area (Å²) in [5, 5.41) is 2.01. The number of hydrogen-bond acceptors (Lipinski definition) is 3. The molecule has 2 N–H and O–H groups in total. The number of likely N-dealkylation sites (N-methyl/N-ethyl adjacent to an activating group) is 1. The van der Waals surface area contributed by atoms with E-state index in [4.69, 9.17) is 5.73 Å². The van der Waals surface area contributed by atoms with E-state index in [0.717, 1.165) is 0 Å². The van der Waals surface area contributed by atoms with Crippen LogP contribution in [0, 0.1) is 0 Å². The van der Waals surface area contributed by atoms with Crippen LogP contribution >= 0.6 is 11.3 Å². The van der Waals surface area contributed by atoms with Gasteiger partial charge in [0.2, 0.25) is 5.91 Å². The number of amides is 1. The predicted octanol–water partition coefficient (Wildman–Crippen LogP) is 0.979. The van der Waals surface area contributed by atoms with E-state index in [1.165, 1.54) is 4.88 Å². The van der Waals surface area contributed by atoms with Crippen molar-refractivity contribution in [2.75, 3.05) is 7.05 Å². The molecule has 0 bridgehead atoms. The number of rotatable bonds is 1. The van der Waals surface area contributed by atoms with E-state index < -0.39 is 0 Å². The van der Waals surface area contributed by atoms with Crippen LogP contribution in [-0.4, -0.2) is 23.9 Å². The molecule has 1 amide bonds. The van der Waals surface area contributed by atoms with Gasteiger partial charge in [0.25, 0.3) is 0 Å². The van der Waals surface area contributed by atoms with Gasteiger partial charge in [0, 0.05) is 24.4 Å². The fourth-order valence-corrected chi connectivity index (χ4v) is 2.70. The second-order valence-corrected chi connectivity index (χ2v) is 4.31. The fourth-order valence-electron chi connectivity index (χ4n) is 1.76. The quantitative estimate of drug-likeness (QED) is 0.727. The van der Waals surface area contributed by atoms with Crippen molar-refractivity contribution in [3.8, 4) is 0 Å². The molecule has 0 aromatic carbocycles. The van der Waals surface area contributed by atoms with Crippen molar-refractivity contribution in [2.24, 2.45) is 5.73 Å². The van der Waals surface area contributed by atoms with Crippen LogP contribution < -0.4 is 5.73 Å². The summed E-state index contributed by atoms with van der Waals surface area (Å²) < 4.78 is 0. The third kappa shape index (κ3) is 1.36. The first kappa shape index (κ1) is 8.72. The number of carbonyl (C=O) groups is 1. The number of nitrogens with zero attached hydrogens (tertiary/aromatic N) is 1. The third-order valence-electron chi connectivity index (χ3n) is 2.46. The van der Waals surface area contributed by atoms with Crippen molar-refractivity contribution in [1.82, 2.24) is 4.90 Å². The Kier molecular flexibility index (Phi) is 2.09. The van der Waals surface area contributed by atoms with Crippen LogP contribution in [0.3, 0.4) is 0 Å². The average Bonchev–Trinajstić information content (AvgIpc) is 2.63. The normalized spacial score (nSPS) is 28.5. The predicted molar refractivity (Wildman–Crippen MR) is 52.4 cm³/mol. The van der Waals surface area contributed by atoms with Gasteiger partial charge in [-0.1, -0.05) is 6.07 Å². The molecule has 1 aliphatic heterocycles. The van der Waals surface area contributed by atoms with E-state index in [2.05, 4.69) is 0 Å². The summed E-state index contributed by atoms with van der Waals surface area (Å²) in [6.07, 6.45) is 0.471. The van der Waals surface area contributed by atoms with Crippen LogP contribution in [0.2, 0.25) is 0 Å². The second-order valence-electron chi connectivity index (χ2n) is 3.33. The third-order valence-corrected chi connectivity index (χ3v) is 3.40. The van der Waals surface area contributed by atoms with Gasteiger partial charge < -0.3 is 10.6 Å². The van der Waals surface area contributed by atoms with Crippen LogP contribution in [0.5, 0.6) is 0 Å². The Balaban J connectivity index is 2.29. The largest absolute Gasteiger partial charge is 0.336 e. The molecule has 3 nitrogen and oxygen atoms in total. The van der Waals surface area contributed by atoms with Crippen LogP contribution in [0.15, 0.2) is 17.5 Å². The smallest absolute Gasteiger partial charge is 0.224 e. The van der Waals surface area contributed by atoms with Gasteiger partial charge in [0.05, 0.1) is 6.04 Å². The molecule has 1 aromatic rings. The monoisotopic (exact) mass is 196 g/mol. The minimum absolute atomic E-state index is 0.0452. The van der Waals surface area contributed by atoms with Crippen molar-refractivity contribution < 1.29 is 4.79 Å². The first-order valence-electron chi connectivity index (χ1n) is 4.25. The Labute approximate surface area is 81.2 Å². The van der Waals surface area contributed by atoms with Crippen LogP contribution in [0.25, 0.3) is 0 Å². The molecule has 2 heterocycles. The second kappa shape index (κ2) is 3.12. The maximum Gasteiger partial charge on any atom is 0.224 e. The van der Waals surface area contributed by atoms with Crippen LogP contribution in [-0.2, 0) is 4.79 Å². The molecule has 1 aromatic heterocycles. The molecule has 2 rings (SSSR count). The lowest BCUT2D eigenvalue weighted by Crippen LogP contribution is -2.29. The average molecular weight is 196 g/mol. The van der Waals surface area contributed by atoms with Crippen molar-refractivity contribution in [2.45, 2.75) is 18.5 Å². The first-order valence-corrected chi connectivity index (χ1v) is 5.13. The highest BCUT2D eigenvalue weighted by molar-refractivity contribution is 7.10. The molecule has 13 heavy (non-hydrogen) atoms. The fraction of sp³-hybridized carbons (Fsp3) is 0.444. The molecule has 2 unspecified atom stereocenters. The summed E-state index contributed by atoms with van der Waals surface area (Å²) in [5.41, 5.74) is 5.90. The molecule has 70 valence electrons. The van der Waals surface area contributed by atoms with Crippen molar-refractivity contribution in [1.29, 1.82) is 0 Å². The Morgan fingerprint density at radius 2 is 2.46 bits per heavy atom. The zero-order valence-electron chi connectivity index (χ0n) is 7.43. The maximum absolute atomic E-state index is 11.3. The minimum Gasteiger partial charge on any atom is -0.336 e. The number of thiophene rings is 1. The van der Waals surface area contributed by atoms with E-state index >= 15 is 0 Å². The molecular weight excluding hydrogens is 184 g/mol. The summed E-state index contributed by atoms with van der Waals surface area (Å²) in [6.45, 7) is 0. The highest BCUT2D eigenvalue weighted by Crippen LogP contribution is 2.32. The lowest BCUT2D eigenvalue weighted by atomic mass is 10.1. The van der Waals surface area contributed by atoms with Crippen LogP contribution in [0.4, 0.5) is 0 Å². The SMILES string of the molecule is CN1C(=O)CC(N)C1c1cccs1.